The summed E-state index contributed by atoms with van der Waals surface area (Å²) in [6.45, 7) is 13.3. The lowest BCUT2D eigenvalue weighted by molar-refractivity contribution is -0.870. The summed E-state index contributed by atoms with van der Waals surface area (Å²) in [6.07, 6.45) is 26.2. The number of ether oxygens (including phenoxy) is 2. The molecule has 0 aromatic carbocycles. The highest BCUT2D eigenvalue weighted by Crippen LogP contribution is 2.38. The molecular formula is C44H88NO8P. The Hall–Kier alpha value is -0.990. The second-order valence-electron chi connectivity index (χ2n) is 18.1. The maximum atomic E-state index is 12.8. The van der Waals surface area contributed by atoms with Crippen LogP contribution in [-0.4, -0.2) is 70.0 Å². The van der Waals surface area contributed by atoms with Crippen LogP contribution < -0.4 is 4.89 Å². The van der Waals surface area contributed by atoms with Gasteiger partial charge in [-0.05, 0) is 30.1 Å². The first-order valence-corrected chi connectivity index (χ1v) is 23.7. The Kier molecular flexibility index (Phi) is 32.4. The van der Waals surface area contributed by atoms with Gasteiger partial charge in [-0.2, -0.15) is 0 Å². The average Bonchev–Trinajstić information content (AvgIpc) is 3.07. The van der Waals surface area contributed by atoms with Gasteiger partial charge < -0.3 is 27.9 Å². The van der Waals surface area contributed by atoms with Gasteiger partial charge in [0.15, 0.2) is 6.10 Å². The lowest BCUT2D eigenvalue weighted by Crippen LogP contribution is -2.37. The second-order valence-corrected chi connectivity index (χ2v) is 19.5. The lowest BCUT2D eigenvalue weighted by Gasteiger charge is -2.28. The van der Waals surface area contributed by atoms with E-state index in [-0.39, 0.29) is 37.9 Å². The van der Waals surface area contributed by atoms with Crippen molar-refractivity contribution in [3.8, 4) is 0 Å². The number of hydrogen-bond donors (Lipinski definition) is 0. The van der Waals surface area contributed by atoms with E-state index in [0.717, 1.165) is 43.9 Å². The molecule has 0 N–H and O–H groups in total. The smallest absolute Gasteiger partial charge is 0.306 e. The number of quaternary nitrogens is 1. The van der Waals surface area contributed by atoms with Crippen molar-refractivity contribution in [2.45, 2.75) is 202 Å². The summed E-state index contributed by atoms with van der Waals surface area (Å²) in [6, 6.07) is 0. The Morgan fingerprint density at radius 1 is 0.593 bits per heavy atom. The van der Waals surface area contributed by atoms with Gasteiger partial charge in [-0.25, -0.2) is 0 Å². The van der Waals surface area contributed by atoms with Crippen molar-refractivity contribution in [2.24, 2.45) is 23.7 Å². The van der Waals surface area contributed by atoms with Gasteiger partial charge in [-0.3, -0.25) is 14.2 Å². The monoisotopic (exact) mass is 790 g/mol. The molecule has 0 rings (SSSR count). The Morgan fingerprint density at radius 3 is 1.54 bits per heavy atom. The summed E-state index contributed by atoms with van der Waals surface area (Å²) in [7, 11) is 1.16. The number of nitrogens with zero attached hydrogens (tertiary/aromatic N) is 1. The SMILES string of the molecule is CCCCCCCCCCCCCCCC(=O)O[C@H](COC(=O)C[C@@H](C)CCC[C@H](C)CCC[C@H](C)CCCC(C)C)COP(=O)([O-])OCC[N+](C)(C)C. The summed E-state index contributed by atoms with van der Waals surface area (Å²) in [4.78, 5) is 37.9. The molecule has 0 saturated heterocycles. The molecule has 0 aliphatic rings. The summed E-state index contributed by atoms with van der Waals surface area (Å²) in [5.74, 6) is 1.60. The van der Waals surface area contributed by atoms with Crippen LogP contribution in [0, 0.1) is 23.7 Å². The quantitative estimate of drug-likeness (QED) is 0.0263. The number of hydrogen-bond acceptors (Lipinski definition) is 8. The number of carbonyl (C=O) groups is 2. The average molecular weight is 790 g/mol. The third-order valence-corrected chi connectivity index (χ3v) is 11.4. The fourth-order valence-corrected chi connectivity index (χ4v) is 7.44. The van der Waals surface area contributed by atoms with Crippen LogP contribution in [0.3, 0.4) is 0 Å². The Balaban J connectivity index is 4.60. The lowest BCUT2D eigenvalue weighted by atomic mass is 9.91. The predicted octanol–water partition coefficient (Wildman–Crippen LogP) is 11.6. The van der Waals surface area contributed by atoms with Gasteiger partial charge >= 0.3 is 11.9 Å². The van der Waals surface area contributed by atoms with Crippen LogP contribution in [-0.2, 0) is 32.7 Å². The van der Waals surface area contributed by atoms with Gasteiger partial charge in [-0.15, -0.1) is 0 Å². The van der Waals surface area contributed by atoms with Gasteiger partial charge in [0.2, 0.25) is 0 Å². The maximum Gasteiger partial charge on any atom is 0.306 e. The molecule has 0 saturated carbocycles. The minimum absolute atomic E-state index is 0.0306. The molecule has 0 heterocycles. The molecule has 0 spiro atoms. The zero-order chi connectivity index (χ0) is 40.7. The highest BCUT2D eigenvalue weighted by molar-refractivity contribution is 7.45. The topological polar surface area (TPSA) is 111 Å². The van der Waals surface area contributed by atoms with Crippen LogP contribution in [0.2, 0.25) is 0 Å². The van der Waals surface area contributed by atoms with Gasteiger partial charge in [0.1, 0.15) is 19.8 Å². The molecule has 9 nitrogen and oxygen atoms in total. The molecule has 0 aliphatic heterocycles. The van der Waals surface area contributed by atoms with Crippen LogP contribution in [0.4, 0.5) is 0 Å². The van der Waals surface area contributed by atoms with E-state index < -0.39 is 26.5 Å². The van der Waals surface area contributed by atoms with Crippen molar-refractivity contribution in [3.63, 3.8) is 0 Å². The number of esters is 2. The van der Waals surface area contributed by atoms with Gasteiger partial charge in [0, 0.05) is 12.8 Å². The first kappa shape index (κ1) is 53.0. The first-order valence-electron chi connectivity index (χ1n) is 22.3. The van der Waals surface area contributed by atoms with E-state index in [2.05, 4.69) is 41.5 Å². The van der Waals surface area contributed by atoms with E-state index in [1.165, 1.54) is 103 Å². The van der Waals surface area contributed by atoms with Gasteiger partial charge in [0.25, 0.3) is 7.82 Å². The second kappa shape index (κ2) is 33.0. The number of likely N-dealkylation sites (N-methyl/N-ethyl adjacent to an activating group) is 1. The summed E-state index contributed by atoms with van der Waals surface area (Å²) in [5, 5.41) is 0. The van der Waals surface area contributed by atoms with E-state index in [1.807, 2.05) is 21.1 Å². The highest BCUT2D eigenvalue weighted by atomic mass is 31.2. The van der Waals surface area contributed by atoms with Crippen LogP contribution in [0.5, 0.6) is 0 Å². The summed E-state index contributed by atoms with van der Waals surface area (Å²) in [5.41, 5.74) is 0. The zero-order valence-corrected chi connectivity index (χ0v) is 37.7. The maximum absolute atomic E-state index is 12.8. The molecular weight excluding hydrogens is 701 g/mol. The van der Waals surface area contributed by atoms with Gasteiger partial charge in [0.05, 0.1) is 27.7 Å². The number of carbonyl (C=O) groups excluding carboxylic acids is 2. The molecule has 54 heavy (non-hydrogen) atoms. The molecule has 1 unspecified atom stereocenters. The molecule has 10 heteroatoms. The van der Waals surface area contributed by atoms with E-state index in [4.69, 9.17) is 18.5 Å². The van der Waals surface area contributed by atoms with E-state index >= 15 is 0 Å². The summed E-state index contributed by atoms with van der Waals surface area (Å²) < 4.78 is 34.1. The fourth-order valence-electron chi connectivity index (χ4n) is 6.71. The number of phosphoric acid groups is 1. The minimum Gasteiger partial charge on any atom is -0.756 e. The molecule has 322 valence electrons. The number of rotatable bonds is 38. The number of phosphoric ester groups is 1. The standard InChI is InChI=1S/C44H88NO8P/c1-10-11-12-13-14-15-16-17-18-19-20-21-22-32-43(46)53-42(37-52-54(48,49)51-34-33-45(7,8)9)36-50-44(47)35-41(6)31-25-30-40(5)29-24-28-39(4)27-23-26-38(2)3/h38-42H,10-37H2,1-9H3/t39-,40-,41+,42-/m1/s1. The largest absolute Gasteiger partial charge is 0.756 e. The molecule has 0 aromatic rings. The van der Waals surface area contributed by atoms with Crippen molar-refractivity contribution in [2.75, 3.05) is 47.5 Å². The van der Waals surface area contributed by atoms with Crippen LogP contribution >= 0.6 is 7.82 Å². The Labute approximate surface area is 334 Å². The third-order valence-electron chi connectivity index (χ3n) is 10.4. The van der Waals surface area contributed by atoms with Crippen molar-refractivity contribution in [1.29, 1.82) is 0 Å². The number of unbranched alkanes of at least 4 members (excludes halogenated alkanes) is 12. The van der Waals surface area contributed by atoms with Crippen molar-refractivity contribution in [1.82, 2.24) is 0 Å². The Morgan fingerprint density at radius 2 is 1.06 bits per heavy atom. The van der Waals surface area contributed by atoms with Crippen LogP contribution in [0.25, 0.3) is 0 Å². The highest BCUT2D eigenvalue weighted by Gasteiger charge is 2.22. The van der Waals surface area contributed by atoms with Crippen molar-refractivity contribution in [3.05, 3.63) is 0 Å². The molecule has 0 aliphatic carbocycles. The normalized spacial score (nSPS) is 15.5. The van der Waals surface area contributed by atoms with Crippen LogP contribution in [0.1, 0.15) is 196 Å². The molecule has 0 amide bonds. The molecule has 0 aromatic heterocycles. The van der Waals surface area contributed by atoms with Crippen molar-refractivity contribution >= 4 is 19.8 Å². The van der Waals surface area contributed by atoms with E-state index in [0.29, 0.717) is 23.4 Å². The van der Waals surface area contributed by atoms with Gasteiger partial charge in [-0.1, -0.05) is 176 Å². The first-order chi connectivity index (χ1) is 25.5. The van der Waals surface area contributed by atoms with Crippen molar-refractivity contribution < 1.29 is 42.1 Å². The van der Waals surface area contributed by atoms with Crippen LogP contribution in [0.15, 0.2) is 0 Å². The van der Waals surface area contributed by atoms with E-state index in [9.17, 15) is 19.0 Å². The minimum atomic E-state index is -4.63. The Bertz CT molecular complexity index is 955. The third kappa shape index (κ3) is 36.6. The predicted molar refractivity (Wildman–Crippen MR) is 222 cm³/mol. The van der Waals surface area contributed by atoms with E-state index in [1.54, 1.807) is 0 Å². The molecule has 0 radical (unpaired) electrons. The molecule has 5 atom stereocenters. The fraction of sp³-hybridized carbons (Fsp3) is 0.955. The molecule has 0 fully saturated rings. The zero-order valence-electron chi connectivity index (χ0n) is 36.8. The molecule has 0 bridgehead atoms. The summed E-state index contributed by atoms with van der Waals surface area (Å²) >= 11 is 0.